The number of carbonyl (C=O) groups is 1. The Balaban J connectivity index is 0.00000256. The molecule has 0 radical (unpaired) electrons. The summed E-state index contributed by atoms with van der Waals surface area (Å²) in [5.41, 5.74) is 5.81. The van der Waals surface area contributed by atoms with Crippen LogP contribution in [0, 0.1) is 0 Å². The van der Waals surface area contributed by atoms with Gasteiger partial charge in [-0.15, -0.1) is 16.3 Å². The molecule has 17 heavy (non-hydrogen) atoms. The molecule has 0 unspecified atom stereocenters. The third-order valence-electron chi connectivity index (χ3n) is 1.98. The van der Waals surface area contributed by atoms with Gasteiger partial charge >= 0.3 is 16.2 Å². The molecule has 0 aliphatic carbocycles. The molecule has 0 fully saturated rings. The van der Waals surface area contributed by atoms with E-state index < -0.39 is 27.1 Å². The van der Waals surface area contributed by atoms with Crippen molar-refractivity contribution >= 4 is 28.6 Å². The van der Waals surface area contributed by atoms with Crippen molar-refractivity contribution in [3.05, 3.63) is 29.8 Å². The molecule has 96 valence electrons. The maximum Gasteiger partial charge on any atom is 0.332 e. The first-order valence-corrected chi connectivity index (χ1v) is 5.71. The number of hydrogen-bond acceptors (Lipinski definition) is 4. The highest BCUT2D eigenvalue weighted by Gasteiger charge is 2.14. The van der Waals surface area contributed by atoms with Crippen LogP contribution in [0.25, 0.3) is 0 Å². The van der Waals surface area contributed by atoms with Gasteiger partial charge in [-0.3, -0.25) is 4.79 Å². The molecule has 1 aromatic rings. The number of halogens is 2. The highest BCUT2D eigenvalue weighted by Crippen LogP contribution is 2.13. The van der Waals surface area contributed by atoms with Crippen molar-refractivity contribution in [2.45, 2.75) is 17.4 Å². The first kappa shape index (κ1) is 15.8. The lowest BCUT2D eigenvalue weighted by Crippen LogP contribution is -2.32. The average molecular weight is 284 g/mol. The Morgan fingerprint density at radius 1 is 1.35 bits per heavy atom. The van der Waals surface area contributed by atoms with E-state index in [2.05, 4.69) is 0 Å². The third kappa shape index (κ3) is 4.68. The number of hydrogen-bond donors (Lipinski definition) is 2. The molecule has 0 bridgehead atoms. The minimum absolute atomic E-state index is 0. The largest absolute Gasteiger partial charge is 0.480 e. The molecule has 0 saturated carbocycles. The second-order valence-corrected chi connectivity index (χ2v) is 4.58. The molecule has 0 aromatic heterocycles. The quantitative estimate of drug-likeness (QED) is 0.794. The predicted octanol–water partition coefficient (Wildman–Crippen LogP) is 0.721. The van der Waals surface area contributed by atoms with Crippen molar-refractivity contribution in [3.8, 4) is 0 Å². The summed E-state index contributed by atoms with van der Waals surface area (Å²) in [5, 5.41) is 8.55. The van der Waals surface area contributed by atoms with Crippen LogP contribution in [0.5, 0.6) is 0 Å². The van der Waals surface area contributed by atoms with Crippen LogP contribution in [0.4, 0.5) is 3.89 Å². The Morgan fingerprint density at radius 2 is 1.82 bits per heavy atom. The third-order valence-corrected chi connectivity index (χ3v) is 2.81. The summed E-state index contributed by atoms with van der Waals surface area (Å²) in [6.07, 6.45) is 0.0575. The molecule has 0 amide bonds. The van der Waals surface area contributed by atoms with Crippen LogP contribution in [0.3, 0.4) is 0 Å². The number of carboxylic acids is 1. The Kier molecular flexibility index (Phi) is 5.53. The average Bonchev–Trinajstić information content (AvgIpc) is 2.17. The second kappa shape index (κ2) is 5.95. The SMILES string of the molecule is Cl.N[C@H](Cc1ccc(S(=O)(=O)F)cc1)C(=O)O. The van der Waals surface area contributed by atoms with Crippen molar-refractivity contribution in [1.29, 1.82) is 0 Å². The lowest BCUT2D eigenvalue weighted by molar-refractivity contribution is -0.138. The highest BCUT2D eigenvalue weighted by atomic mass is 35.5. The molecule has 0 spiro atoms. The standard InChI is InChI=1S/C9H10FNO4S.ClH/c10-16(14,15)7-3-1-6(2-4-7)5-8(11)9(12)13;/h1-4,8H,5,11H2,(H,12,13);1H/t8-;/m1./s1. The second-order valence-electron chi connectivity index (χ2n) is 3.23. The number of rotatable bonds is 4. The van der Waals surface area contributed by atoms with Gasteiger partial charge in [-0.1, -0.05) is 12.1 Å². The van der Waals surface area contributed by atoms with Crippen molar-refractivity contribution in [3.63, 3.8) is 0 Å². The van der Waals surface area contributed by atoms with E-state index >= 15 is 0 Å². The summed E-state index contributed by atoms with van der Waals surface area (Å²) < 4.78 is 33.5. The zero-order valence-corrected chi connectivity index (χ0v) is 10.2. The summed E-state index contributed by atoms with van der Waals surface area (Å²) >= 11 is 0. The zero-order valence-electron chi connectivity index (χ0n) is 8.54. The van der Waals surface area contributed by atoms with Gasteiger partial charge in [0.1, 0.15) is 6.04 Å². The van der Waals surface area contributed by atoms with Crippen LogP contribution in [0.1, 0.15) is 5.56 Å². The van der Waals surface area contributed by atoms with E-state index in [1.807, 2.05) is 0 Å². The molecular formula is C9H11ClFNO4S. The molecule has 0 aliphatic rings. The lowest BCUT2D eigenvalue weighted by Gasteiger charge is -2.06. The van der Waals surface area contributed by atoms with Gasteiger partial charge in [-0.2, -0.15) is 8.42 Å². The van der Waals surface area contributed by atoms with Crippen molar-refractivity contribution in [2.75, 3.05) is 0 Å². The summed E-state index contributed by atoms with van der Waals surface area (Å²) in [7, 11) is -4.71. The van der Waals surface area contributed by atoms with E-state index in [1.165, 1.54) is 12.1 Å². The minimum Gasteiger partial charge on any atom is -0.480 e. The Morgan fingerprint density at radius 3 is 2.18 bits per heavy atom. The van der Waals surface area contributed by atoms with Gasteiger partial charge < -0.3 is 10.8 Å². The van der Waals surface area contributed by atoms with Crippen LogP contribution < -0.4 is 5.73 Å². The van der Waals surface area contributed by atoms with E-state index in [4.69, 9.17) is 10.8 Å². The number of nitrogens with two attached hydrogens (primary N) is 1. The summed E-state index contributed by atoms with van der Waals surface area (Å²) in [4.78, 5) is 9.99. The smallest absolute Gasteiger partial charge is 0.332 e. The van der Waals surface area contributed by atoms with Crippen LogP contribution in [-0.2, 0) is 21.4 Å². The fraction of sp³-hybridized carbons (Fsp3) is 0.222. The number of carboxylic acid groups (broad SMARTS) is 1. The normalized spacial score (nSPS) is 12.6. The predicted molar refractivity (Wildman–Crippen MR) is 61.3 cm³/mol. The molecule has 1 aromatic carbocycles. The maximum absolute atomic E-state index is 12.5. The first-order valence-electron chi connectivity index (χ1n) is 4.32. The Hall–Kier alpha value is -1.18. The molecule has 5 nitrogen and oxygen atoms in total. The van der Waals surface area contributed by atoms with Crippen LogP contribution >= 0.6 is 12.4 Å². The maximum atomic E-state index is 12.5. The molecular weight excluding hydrogens is 273 g/mol. The van der Waals surface area contributed by atoms with E-state index in [0.29, 0.717) is 5.56 Å². The van der Waals surface area contributed by atoms with Gasteiger partial charge in [-0.25, -0.2) is 0 Å². The van der Waals surface area contributed by atoms with Crippen LogP contribution in [-0.4, -0.2) is 25.5 Å². The van der Waals surface area contributed by atoms with Crippen molar-refractivity contribution in [1.82, 2.24) is 0 Å². The molecule has 1 atom stereocenters. The van der Waals surface area contributed by atoms with Crippen LogP contribution in [0.2, 0.25) is 0 Å². The zero-order chi connectivity index (χ0) is 12.3. The topological polar surface area (TPSA) is 97.5 Å². The van der Waals surface area contributed by atoms with Crippen LogP contribution in [0.15, 0.2) is 29.2 Å². The molecule has 8 heteroatoms. The van der Waals surface area contributed by atoms with E-state index in [-0.39, 0.29) is 18.8 Å². The Labute approximate surface area is 104 Å². The first-order chi connectivity index (χ1) is 7.30. The fourth-order valence-corrected chi connectivity index (χ4v) is 1.59. The molecule has 0 saturated heterocycles. The summed E-state index contributed by atoms with van der Waals surface area (Å²) in [6, 6.07) is 3.73. The van der Waals surface area contributed by atoms with Crippen molar-refractivity contribution in [2.24, 2.45) is 5.73 Å². The summed E-state index contributed by atoms with van der Waals surface area (Å²) in [5.74, 6) is -1.15. The molecule has 3 N–H and O–H groups in total. The monoisotopic (exact) mass is 283 g/mol. The van der Waals surface area contributed by atoms with Gasteiger partial charge in [0.2, 0.25) is 0 Å². The van der Waals surface area contributed by atoms with Gasteiger partial charge in [0.25, 0.3) is 0 Å². The van der Waals surface area contributed by atoms with E-state index in [9.17, 15) is 17.1 Å². The van der Waals surface area contributed by atoms with Gasteiger partial charge in [0, 0.05) is 0 Å². The van der Waals surface area contributed by atoms with E-state index in [0.717, 1.165) is 12.1 Å². The Bertz CT molecular complexity index is 488. The number of benzene rings is 1. The van der Waals surface area contributed by atoms with E-state index in [1.54, 1.807) is 0 Å². The minimum atomic E-state index is -4.71. The van der Waals surface area contributed by atoms with Gasteiger partial charge in [0.05, 0.1) is 4.90 Å². The van der Waals surface area contributed by atoms with Crippen molar-refractivity contribution < 1.29 is 22.2 Å². The van der Waals surface area contributed by atoms with Gasteiger partial charge in [-0.05, 0) is 24.1 Å². The lowest BCUT2D eigenvalue weighted by atomic mass is 10.1. The molecule has 1 rings (SSSR count). The molecule has 0 aliphatic heterocycles. The molecule has 0 heterocycles. The number of aliphatic carboxylic acids is 1. The fourth-order valence-electron chi connectivity index (χ4n) is 1.13. The highest BCUT2D eigenvalue weighted by molar-refractivity contribution is 7.86. The van der Waals surface area contributed by atoms with Gasteiger partial charge in [0.15, 0.2) is 0 Å². The summed E-state index contributed by atoms with van der Waals surface area (Å²) in [6.45, 7) is 0.